The van der Waals surface area contributed by atoms with Gasteiger partial charge in [-0.25, -0.2) is 0 Å². The van der Waals surface area contributed by atoms with Gasteiger partial charge in [-0.2, -0.15) is 0 Å². The molecule has 0 radical (unpaired) electrons. The van der Waals surface area contributed by atoms with E-state index in [0.29, 0.717) is 24.8 Å². The van der Waals surface area contributed by atoms with Crippen LogP contribution >= 0.6 is 24.0 Å². The molecule has 0 bridgehead atoms. The van der Waals surface area contributed by atoms with Crippen molar-refractivity contribution in [1.82, 2.24) is 16.0 Å². The lowest BCUT2D eigenvalue weighted by atomic mass is 10.1. The highest BCUT2D eigenvalue weighted by atomic mass is 127. The summed E-state index contributed by atoms with van der Waals surface area (Å²) >= 11 is 0. The number of rotatable bonds is 12. The molecule has 8 nitrogen and oxygen atoms in total. The Morgan fingerprint density at radius 1 is 1.28 bits per heavy atom. The van der Waals surface area contributed by atoms with Crippen LogP contribution < -0.4 is 16.0 Å². The smallest absolute Gasteiger partial charge is 0.287 e. The van der Waals surface area contributed by atoms with Gasteiger partial charge < -0.3 is 29.8 Å². The van der Waals surface area contributed by atoms with Crippen molar-refractivity contribution in [2.75, 3.05) is 52.6 Å². The molecular formula is C20H35IN4O4. The van der Waals surface area contributed by atoms with Crippen molar-refractivity contribution in [3.8, 4) is 0 Å². The molecule has 1 atom stereocenters. The van der Waals surface area contributed by atoms with Crippen LogP contribution in [0, 0.1) is 12.8 Å². The third kappa shape index (κ3) is 10.3. The average Bonchev–Trinajstić information content (AvgIpc) is 3.35. The highest BCUT2D eigenvalue weighted by Crippen LogP contribution is 2.12. The molecule has 0 aromatic carbocycles. The first kappa shape index (κ1) is 25.7. The van der Waals surface area contributed by atoms with Gasteiger partial charge >= 0.3 is 0 Å². The van der Waals surface area contributed by atoms with Crippen LogP contribution in [0.1, 0.15) is 42.3 Å². The molecular weight excluding hydrogens is 487 g/mol. The normalized spacial score (nSPS) is 16.3. The van der Waals surface area contributed by atoms with Gasteiger partial charge in [-0.15, -0.1) is 24.0 Å². The topological polar surface area (TPSA) is 97.1 Å². The standard InChI is InChI=1S/C20H34N4O4.HI/c1-3-21-20(24-10-5-11-26-14-17-7-12-27-15-17)23-9-4-8-22-19(25)18-16(2)6-13-28-18;/h6,13,17H,3-5,7-12,14-15H2,1-2H3,(H,22,25)(H2,21,23,24);1H. The molecule has 29 heavy (non-hydrogen) atoms. The maximum absolute atomic E-state index is 12.0. The van der Waals surface area contributed by atoms with E-state index in [-0.39, 0.29) is 29.9 Å². The first-order chi connectivity index (χ1) is 13.7. The lowest BCUT2D eigenvalue weighted by Gasteiger charge is -2.12. The number of hydrogen-bond donors (Lipinski definition) is 3. The Kier molecular flexibility index (Phi) is 13.7. The van der Waals surface area contributed by atoms with Crippen LogP contribution in [0.5, 0.6) is 0 Å². The van der Waals surface area contributed by atoms with E-state index in [4.69, 9.17) is 13.9 Å². The molecule has 3 N–H and O–H groups in total. The van der Waals surface area contributed by atoms with E-state index in [1.807, 2.05) is 13.8 Å². The van der Waals surface area contributed by atoms with Crippen molar-refractivity contribution >= 4 is 35.8 Å². The van der Waals surface area contributed by atoms with Gasteiger partial charge in [-0.1, -0.05) is 0 Å². The van der Waals surface area contributed by atoms with E-state index < -0.39 is 0 Å². The number of aliphatic imine (C=N–C) groups is 1. The van der Waals surface area contributed by atoms with Crippen LogP contribution in [-0.2, 0) is 9.47 Å². The summed E-state index contributed by atoms with van der Waals surface area (Å²) in [6.07, 6.45) is 4.32. The Morgan fingerprint density at radius 2 is 2.10 bits per heavy atom. The van der Waals surface area contributed by atoms with Crippen molar-refractivity contribution in [2.45, 2.75) is 33.1 Å². The number of carbonyl (C=O) groups is 1. The molecule has 9 heteroatoms. The fourth-order valence-corrected chi connectivity index (χ4v) is 2.85. The molecule has 1 aliphatic heterocycles. The van der Waals surface area contributed by atoms with Crippen LogP contribution in [0.25, 0.3) is 0 Å². The molecule has 1 aromatic rings. The fourth-order valence-electron chi connectivity index (χ4n) is 2.85. The van der Waals surface area contributed by atoms with Crippen LogP contribution in [0.15, 0.2) is 21.7 Å². The van der Waals surface area contributed by atoms with Gasteiger partial charge in [0.1, 0.15) is 0 Å². The fraction of sp³-hybridized carbons (Fsp3) is 0.700. The lowest BCUT2D eigenvalue weighted by Crippen LogP contribution is -2.38. The van der Waals surface area contributed by atoms with Gasteiger partial charge in [0.05, 0.1) is 19.5 Å². The molecule has 1 aromatic heterocycles. The number of guanidine groups is 1. The Hall–Kier alpha value is -1.33. The maximum atomic E-state index is 12.0. The van der Waals surface area contributed by atoms with E-state index in [2.05, 4.69) is 20.9 Å². The molecule has 1 unspecified atom stereocenters. The number of carbonyl (C=O) groups excluding carboxylic acids is 1. The van der Waals surface area contributed by atoms with Gasteiger partial charge in [0.25, 0.3) is 5.91 Å². The number of nitrogens with zero attached hydrogens (tertiary/aromatic N) is 1. The third-order valence-electron chi connectivity index (χ3n) is 4.44. The summed E-state index contributed by atoms with van der Waals surface area (Å²) in [7, 11) is 0. The zero-order valence-electron chi connectivity index (χ0n) is 17.5. The van der Waals surface area contributed by atoms with E-state index in [1.54, 1.807) is 6.07 Å². The lowest BCUT2D eigenvalue weighted by molar-refractivity contribution is 0.0888. The van der Waals surface area contributed by atoms with Crippen molar-refractivity contribution in [2.24, 2.45) is 10.9 Å². The zero-order valence-corrected chi connectivity index (χ0v) is 19.8. The largest absolute Gasteiger partial charge is 0.459 e. The monoisotopic (exact) mass is 522 g/mol. The summed E-state index contributed by atoms with van der Waals surface area (Å²) in [5.41, 5.74) is 0.842. The molecule has 1 aliphatic rings. The highest BCUT2D eigenvalue weighted by Gasteiger charge is 2.15. The Morgan fingerprint density at radius 3 is 2.79 bits per heavy atom. The summed E-state index contributed by atoms with van der Waals surface area (Å²) in [4.78, 5) is 16.5. The summed E-state index contributed by atoms with van der Waals surface area (Å²) < 4.78 is 16.2. The molecule has 166 valence electrons. The summed E-state index contributed by atoms with van der Waals surface area (Å²) in [5.74, 6) is 1.55. The van der Waals surface area contributed by atoms with E-state index in [1.165, 1.54) is 6.26 Å². The second-order valence-electron chi connectivity index (χ2n) is 6.89. The molecule has 2 heterocycles. The minimum absolute atomic E-state index is 0. The average molecular weight is 522 g/mol. The molecule has 1 fully saturated rings. The first-order valence-corrected chi connectivity index (χ1v) is 10.2. The second-order valence-corrected chi connectivity index (χ2v) is 6.89. The van der Waals surface area contributed by atoms with E-state index >= 15 is 0 Å². The van der Waals surface area contributed by atoms with Gasteiger partial charge in [0.2, 0.25) is 0 Å². The number of aryl methyl sites for hydroxylation is 1. The third-order valence-corrected chi connectivity index (χ3v) is 4.44. The summed E-state index contributed by atoms with van der Waals surface area (Å²) in [6, 6.07) is 1.78. The Bertz CT molecular complexity index is 603. The van der Waals surface area contributed by atoms with Gasteiger partial charge in [0.15, 0.2) is 11.7 Å². The van der Waals surface area contributed by atoms with Crippen molar-refractivity contribution in [1.29, 1.82) is 0 Å². The van der Waals surface area contributed by atoms with Crippen molar-refractivity contribution in [3.63, 3.8) is 0 Å². The van der Waals surface area contributed by atoms with Crippen molar-refractivity contribution < 1.29 is 18.7 Å². The number of hydrogen-bond acceptors (Lipinski definition) is 5. The number of amides is 1. The van der Waals surface area contributed by atoms with Gasteiger partial charge in [0, 0.05) is 50.9 Å². The van der Waals surface area contributed by atoms with Gasteiger partial charge in [-0.3, -0.25) is 9.79 Å². The molecule has 0 saturated carbocycles. The van der Waals surface area contributed by atoms with Crippen LogP contribution in [0.3, 0.4) is 0 Å². The number of ether oxygens (including phenoxy) is 2. The first-order valence-electron chi connectivity index (χ1n) is 10.2. The maximum Gasteiger partial charge on any atom is 0.287 e. The zero-order chi connectivity index (χ0) is 20.0. The minimum atomic E-state index is -0.180. The molecule has 0 aliphatic carbocycles. The predicted molar refractivity (Wildman–Crippen MR) is 124 cm³/mol. The van der Waals surface area contributed by atoms with Gasteiger partial charge in [-0.05, 0) is 39.2 Å². The van der Waals surface area contributed by atoms with Crippen LogP contribution in [0.2, 0.25) is 0 Å². The Labute approximate surface area is 190 Å². The summed E-state index contributed by atoms with van der Waals surface area (Å²) in [5, 5.41) is 9.39. The van der Waals surface area contributed by atoms with Crippen LogP contribution in [0.4, 0.5) is 0 Å². The minimum Gasteiger partial charge on any atom is -0.459 e. The molecule has 1 amide bonds. The van der Waals surface area contributed by atoms with Crippen LogP contribution in [-0.4, -0.2) is 64.5 Å². The molecule has 2 rings (SSSR count). The Balaban J connectivity index is 0.00000420. The highest BCUT2D eigenvalue weighted by molar-refractivity contribution is 14.0. The number of halogens is 1. The van der Waals surface area contributed by atoms with E-state index in [9.17, 15) is 4.79 Å². The second kappa shape index (κ2) is 15.5. The number of furan rings is 1. The quantitative estimate of drug-likeness (QED) is 0.169. The van der Waals surface area contributed by atoms with E-state index in [0.717, 1.165) is 70.3 Å². The predicted octanol–water partition coefficient (Wildman–Crippen LogP) is 2.32. The molecule has 0 spiro atoms. The van der Waals surface area contributed by atoms with Crippen molar-refractivity contribution in [3.05, 3.63) is 23.7 Å². The molecule has 1 saturated heterocycles. The SMILES string of the molecule is CCNC(=NCCCNC(=O)c1occc1C)NCCCOCC1CCOC1.I. The summed E-state index contributed by atoms with van der Waals surface area (Å²) in [6.45, 7) is 9.91. The number of nitrogens with one attached hydrogen (secondary N) is 3.